The predicted molar refractivity (Wildman–Crippen MR) is 84.4 cm³/mol. The lowest BCUT2D eigenvalue weighted by Crippen LogP contribution is -2.06. The van der Waals surface area contributed by atoms with E-state index >= 15 is 0 Å². The van der Waals surface area contributed by atoms with E-state index in [2.05, 4.69) is 0 Å². The first kappa shape index (κ1) is 13.6. The second-order valence-corrected chi connectivity index (χ2v) is 5.71. The number of thiophene rings is 1. The summed E-state index contributed by atoms with van der Waals surface area (Å²) in [6, 6.07) is 15.2. The van der Waals surface area contributed by atoms with E-state index in [1.807, 2.05) is 41.8 Å². The van der Waals surface area contributed by atoms with Crippen LogP contribution in [0, 0.1) is 0 Å². The van der Waals surface area contributed by atoms with Crippen molar-refractivity contribution in [3.05, 3.63) is 64.4 Å². The van der Waals surface area contributed by atoms with Crippen LogP contribution in [-0.4, -0.2) is 17.7 Å². The van der Waals surface area contributed by atoms with Gasteiger partial charge >= 0.3 is 5.97 Å². The van der Waals surface area contributed by atoms with Crippen LogP contribution < -0.4 is 4.74 Å². The van der Waals surface area contributed by atoms with Crippen LogP contribution in [0.25, 0.3) is 10.8 Å². The standard InChI is InChI=1S/C17H14O3S/c18-17(19)15-10-12-4-1-2-5-13(12)11-16(15)20-8-7-14-6-3-9-21-14/h1-6,9-11H,7-8H2,(H,18,19). The third-order valence-corrected chi connectivity index (χ3v) is 4.20. The van der Waals surface area contributed by atoms with Crippen molar-refractivity contribution in [3.8, 4) is 5.75 Å². The van der Waals surface area contributed by atoms with Gasteiger partial charge in [0.15, 0.2) is 0 Å². The summed E-state index contributed by atoms with van der Waals surface area (Å²) < 4.78 is 5.71. The lowest BCUT2D eigenvalue weighted by molar-refractivity contribution is 0.0692. The van der Waals surface area contributed by atoms with Crippen LogP contribution in [0.5, 0.6) is 5.75 Å². The van der Waals surface area contributed by atoms with Crippen LogP contribution in [0.1, 0.15) is 15.2 Å². The number of fused-ring (bicyclic) bond motifs is 1. The van der Waals surface area contributed by atoms with Crippen molar-refractivity contribution in [1.82, 2.24) is 0 Å². The molecule has 106 valence electrons. The molecule has 0 saturated carbocycles. The Morgan fingerprint density at radius 2 is 1.86 bits per heavy atom. The summed E-state index contributed by atoms with van der Waals surface area (Å²) in [6.45, 7) is 0.471. The highest BCUT2D eigenvalue weighted by Gasteiger charge is 2.13. The van der Waals surface area contributed by atoms with Gasteiger partial charge < -0.3 is 9.84 Å². The minimum absolute atomic E-state index is 0.208. The van der Waals surface area contributed by atoms with Gasteiger partial charge in [-0.15, -0.1) is 11.3 Å². The molecule has 21 heavy (non-hydrogen) atoms. The van der Waals surface area contributed by atoms with Crippen LogP contribution in [-0.2, 0) is 6.42 Å². The van der Waals surface area contributed by atoms with Crippen LogP contribution in [0.4, 0.5) is 0 Å². The summed E-state index contributed by atoms with van der Waals surface area (Å²) in [6.07, 6.45) is 0.781. The van der Waals surface area contributed by atoms with E-state index < -0.39 is 5.97 Å². The Labute approximate surface area is 126 Å². The maximum absolute atomic E-state index is 11.4. The first-order valence-electron chi connectivity index (χ1n) is 6.65. The number of rotatable bonds is 5. The molecular formula is C17H14O3S. The van der Waals surface area contributed by atoms with Gasteiger partial charge in [0.25, 0.3) is 0 Å². The number of benzene rings is 2. The van der Waals surface area contributed by atoms with E-state index in [1.54, 1.807) is 23.5 Å². The third-order valence-electron chi connectivity index (χ3n) is 3.26. The first-order valence-corrected chi connectivity index (χ1v) is 7.53. The minimum Gasteiger partial charge on any atom is -0.492 e. The second kappa shape index (κ2) is 5.97. The zero-order valence-electron chi connectivity index (χ0n) is 11.3. The molecular weight excluding hydrogens is 284 g/mol. The van der Waals surface area contributed by atoms with Gasteiger partial charge in [0.1, 0.15) is 11.3 Å². The van der Waals surface area contributed by atoms with Crippen molar-refractivity contribution >= 4 is 28.1 Å². The number of aromatic carboxylic acids is 1. The first-order chi connectivity index (χ1) is 10.2. The quantitative estimate of drug-likeness (QED) is 0.767. The Bertz CT molecular complexity index is 763. The average molecular weight is 298 g/mol. The van der Waals surface area contributed by atoms with Gasteiger partial charge in [0.05, 0.1) is 6.61 Å². The molecule has 3 rings (SSSR count). The SMILES string of the molecule is O=C(O)c1cc2ccccc2cc1OCCc1cccs1. The highest BCUT2D eigenvalue weighted by atomic mass is 32.1. The minimum atomic E-state index is -0.966. The zero-order chi connectivity index (χ0) is 14.7. The van der Waals surface area contributed by atoms with Crippen molar-refractivity contribution in [2.24, 2.45) is 0 Å². The van der Waals surface area contributed by atoms with E-state index in [0.29, 0.717) is 12.4 Å². The highest BCUT2D eigenvalue weighted by molar-refractivity contribution is 7.09. The molecule has 1 aromatic heterocycles. The molecule has 0 radical (unpaired) electrons. The van der Waals surface area contributed by atoms with Crippen molar-refractivity contribution in [2.45, 2.75) is 6.42 Å². The van der Waals surface area contributed by atoms with Gasteiger partial charge in [-0.1, -0.05) is 30.3 Å². The zero-order valence-corrected chi connectivity index (χ0v) is 12.1. The molecule has 0 aliphatic rings. The van der Waals surface area contributed by atoms with Crippen molar-refractivity contribution in [3.63, 3.8) is 0 Å². The number of hydrogen-bond acceptors (Lipinski definition) is 3. The third kappa shape index (κ3) is 3.06. The fraction of sp³-hybridized carbons (Fsp3) is 0.118. The fourth-order valence-corrected chi connectivity index (χ4v) is 2.91. The van der Waals surface area contributed by atoms with E-state index in [1.165, 1.54) is 4.88 Å². The summed E-state index contributed by atoms with van der Waals surface area (Å²) in [5.74, 6) is -0.537. The smallest absolute Gasteiger partial charge is 0.339 e. The molecule has 0 spiro atoms. The molecule has 0 aliphatic carbocycles. The van der Waals surface area contributed by atoms with Gasteiger partial charge in [-0.2, -0.15) is 0 Å². The van der Waals surface area contributed by atoms with E-state index in [-0.39, 0.29) is 5.56 Å². The molecule has 0 aliphatic heterocycles. The van der Waals surface area contributed by atoms with Crippen molar-refractivity contribution < 1.29 is 14.6 Å². The molecule has 3 aromatic rings. The molecule has 0 saturated heterocycles. The Hall–Kier alpha value is -2.33. The van der Waals surface area contributed by atoms with Crippen LogP contribution in [0.3, 0.4) is 0 Å². The number of hydrogen-bond donors (Lipinski definition) is 1. The number of carboxylic acids is 1. The van der Waals surface area contributed by atoms with Crippen molar-refractivity contribution in [2.75, 3.05) is 6.61 Å². The molecule has 3 nitrogen and oxygen atoms in total. The maximum atomic E-state index is 11.4. The molecule has 0 amide bonds. The van der Waals surface area contributed by atoms with E-state index in [4.69, 9.17) is 4.74 Å². The summed E-state index contributed by atoms with van der Waals surface area (Å²) >= 11 is 1.67. The largest absolute Gasteiger partial charge is 0.492 e. The lowest BCUT2D eigenvalue weighted by atomic mass is 10.1. The number of ether oxygens (including phenoxy) is 1. The Balaban J connectivity index is 1.85. The van der Waals surface area contributed by atoms with Gasteiger partial charge in [-0.25, -0.2) is 4.79 Å². The van der Waals surface area contributed by atoms with Gasteiger partial charge in [0, 0.05) is 11.3 Å². The maximum Gasteiger partial charge on any atom is 0.339 e. The summed E-state index contributed by atoms with van der Waals surface area (Å²) in [5.41, 5.74) is 0.208. The molecule has 4 heteroatoms. The summed E-state index contributed by atoms with van der Waals surface area (Å²) in [4.78, 5) is 12.6. The highest BCUT2D eigenvalue weighted by Crippen LogP contribution is 2.26. The molecule has 1 N–H and O–H groups in total. The fourth-order valence-electron chi connectivity index (χ4n) is 2.22. The van der Waals surface area contributed by atoms with Crippen molar-refractivity contribution in [1.29, 1.82) is 0 Å². The van der Waals surface area contributed by atoms with Gasteiger partial charge in [-0.3, -0.25) is 0 Å². The Kier molecular flexibility index (Phi) is 3.88. The Morgan fingerprint density at radius 3 is 2.52 bits per heavy atom. The molecule has 0 fully saturated rings. The Morgan fingerprint density at radius 1 is 1.10 bits per heavy atom. The van der Waals surface area contributed by atoms with Crippen LogP contribution >= 0.6 is 11.3 Å². The van der Waals surface area contributed by atoms with Crippen LogP contribution in [0.15, 0.2) is 53.9 Å². The lowest BCUT2D eigenvalue weighted by Gasteiger charge is -2.10. The monoisotopic (exact) mass is 298 g/mol. The molecule has 0 atom stereocenters. The molecule has 0 unspecified atom stereocenters. The van der Waals surface area contributed by atoms with E-state index in [0.717, 1.165) is 17.2 Å². The number of carbonyl (C=O) groups is 1. The average Bonchev–Trinajstić information content (AvgIpc) is 2.99. The number of carboxylic acid groups (broad SMARTS) is 1. The summed E-state index contributed by atoms with van der Waals surface area (Å²) in [5, 5.41) is 13.2. The molecule has 2 aromatic carbocycles. The topological polar surface area (TPSA) is 46.5 Å². The second-order valence-electron chi connectivity index (χ2n) is 4.68. The predicted octanol–water partition coefficient (Wildman–Crippen LogP) is 4.22. The molecule has 0 bridgehead atoms. The van der Waals surface area contributed by atoms with Gasteiger partial charge in [0.2, 0.25) is 0 Å². The van der Waals surface area contributed by atoms with Gasteiger partial charge in [-0.05, 0) is 34.4 Å². The normalized spacial score (nSPS) is 10.7. The van der Waals surface area contributed by atoms with Crippen LogP contribution in [0.2, 0.25) is 0 Å². The summed E-state index contributed by atoms with van der Waals surface area (Å²) in [7, 11) is 0. The van der Waals surface area contributed by atoms with E-state index in [9.17, 15) is 9.90 Å². The molecule has 1 heterocycles.